The van der Waals surface area contributed by atoms with E-state index in [0.717, 1.165) is 26.2 Å². The molecule has 0 bridgehead atoms. The molecule has 4 nitrogen and oxygen atoms in total. The number of piperazine rings is 1. The van der Waals surface area contributed by atoms with Crippen molar-refractivity contribution in [3.8, 4) is 6.07 Å². The van der Waals surface area contributed by atoms with Crippen LogP contribution in [0.4, 0.5) is 0 Å². The second kappa shape index (κ2) is 5.18. The van der Waals surface area contributed by atoms with Gasteiger partial charge in [0.15, 0.2) is 0 Å². The monoisotopic (exact) mass is 183 g/mol. The summed E-state index contributed by atoms with van der Waals surface area (Å²) in [4.78, 5) is 4.40. The van der Waals surface area contributed by atoms with Crippen molar-refractivity contribution in [2.75, 3.05) is 39.3 Å². The van der Waals surface area contributed by atoms with Gasteiger partial charge in [-0.15, -0.1) is 0 Å². The van der Waals surface area contributed by atoms with Crippen molar-refractivity contribution in [3.05, 3.63) is 0 Å². The van der Waals surface area contributed by atoms with E-state index in [0.29, 0.717) is 6.54 Å². The molecule has 1 aliphatic rings. The summed E-state index contributed by atoms with van der Waals surface area (Å²) in [5.74, 6) is 0. The fourth-order valence-corrected chi connectivity index (χ4v) is 1.58. The Balaban J connectivity index is 2.27. The molecule has 4 heteroatoms. The van der Waals surface area contributed by atoms with E-state index in [1.54, 1.807) is 0 Å². The molecular formula is C9H17N3O. The molecule has 74 valence electrons. The van der Waals surface area contributed by atoms with Crippen molar-refractivity contribution in [1.29, 1.82) is 5.26 Å². The van der Waals surface area contributed by atoms with E-state index in [-0.39, 0.29) is 12.6 Å². The van der Waals surface area contributed by atoms with Crippen molar-refractivity contribution in [2.24, 2.45) is 0 Å². The van der Waals surface area contributed by atoms with Crippen LogP contribution in [0.5, 0.6) is 0 Å². The molecule has 1 N–H and O–H groups in total. The molecule has 0 aromatic rings. The van der Waals surface area contributed by atoms with Crippen LogP contribution in [0.2, 0.25) is 0 Å². The minimum Gasteiger partial charge on any atom is -0.395 e. The molecule has 1 rings (SSSR count). The topological polar surface area (TPSA) is 50.5 Å². The second-order valence-electron chi connectivity index (χ2n) is 3.50. The molecule has 1 fully saturated rings. The number of aliphatic hydroxyl groups excluding tert-OH is 1. The van der Waals surface area contributed by atoms with Crippen LogP contribution in [-0.2, 0) is 0 Å². The number of hydrogen-bond acceptors (Lipinski definition) is 4. The maximum atomic E-state index is 8.95. The van der Waals surface area contributed by atoms with E-state index < -0.39 is 0 Å². The average molecular weight is 183 g/mol. The summed E-state index contributed by atoms with van der Waals surface area (Å²) in [5.41, 5.74) is 0. The Hall–Kier alpha value is -0.630. The lowest BCUT2D eigenvalue weighted by molar-refractivity contribution is 0.0788. The van der Waals surface area contributed by atoms with E-state index in [2.05, 4.69) is 15.9 Å². The zero-order valence-corrected chi connectivity index (χ0v) is 8.11. The lowest BCUT2D eigenvalue weighted by atomic mass is 10.2. The number of aliphatic hydroxyl groups is 1. The third-order valence-corrected chi connectivity index (χ3v) is 2.59. The van der Waals surface area contributed by atoms with Crippen LogP contribution in [-0.4, -0.2) is 60.3 Å². The van der Waals surface area contributed by atoms with Crippen LogP contribution in [0.25, 0.3) is 0 Å². The van der Waals surface area contributed by atoms with E-state index in [9.17, 15) is 0 Å². The molecule has 0 radical (unpaired) electrons. The molecule has 1 unspecified atom stereocenters. The summed E-state index contributed by atoms with van der Waals surface area (Å²) >= 11 is 0. The van der Waals surface area contributed by atoms with Crippen LogP contribution < -0.4 is 0 Å². The number of rotatable bonds is 3. The first-order valence-electron chi connectivity index (χ1n) is 4.72. The first kappa shape index (κ1) is 10.5. The molecule has 0 saturated carbocycles. The maximum Gasteiger partial charge on any atom is 0.0866 e. The Morgan fingerprint density at radius 1 is 1.38 bits per heavy atom. The largest absolute Gasteiger partial charge is 0.395 e. The third kappa shape index (κ3) is 2.96. The highest BCUT2D eigenvalue weighted by molar-refractivity contribution is 4.82. The first-order valence-corrected chi connectivity index (χ1v) is 4.72. The maximum absolute atomic E-state index is 8.95. The molecule has 0 spiro atoms. The van der Waals surface area contributed by atoms with Crippen molar-refractivity contribution >= 4 is 0 Å². The quantitative estimate of drug-likeness (QED) is 0.600. The molecule has 0 aliphatic carbocycles. The summed E-state index contributed by atoms with van der Waals surface area (Å²) in [6.07, 6.45) is 0. The fourth-order valence-electron chi connectivity index (χ4n) is 1.58. The van der Waals surface area contributed by atoms with Crippen molar-refractivity contribution < 1.29 is 5.11 Å². The van der Waals surface area contributed by atoms with E-state index in [1.807, 2.05) is 6.92 Å². The first-order chi connectivity index (χ1) is 6.27. The molecule has 0 amide bonds. The van der Waals surface area contributed by atoms with Crippen LogP contribution in [0, 0.1) is 11.3 Å². The highest BCUT2D eigenvalue weighted by Gasteiger charge is 2.19. The third-order valence-electron chi connectivity index (χ3n) is 2.59. The Bertz CT molecular complexity index is 182. The van der Waals surface area contributed by atoms with E-state index in [4.69, 9.17) is 10.4 Å². The lowest BCUT2D eigenvalue weighted by Gasteiger charge is -2.36. The summed E-state index contributed by atoms with van der Waals surface area (Å²) in [5, 5.41) is 17.4. The molecule has 1 aliphatic heterocycles. The summed E-state index contributed by atoms with van der Waals surface area (Å²) in [6, 6.07) is 2.41. The minimum absolute atomic E-state index is 0.220. The SMILES string of the molecule is CC(CO)N1CCN(CC#N)CC1. The fraction of sp³-hybridized carbons (Fsp3) is 0.889. The van der Waals surface area contributed by atoms with Gasteiger partial charge in [0.1, 0.15) is 0 Å². The lowest BCUT2D eigenvalue weighted by Crippen LogP contribution is -2.50. The van der Waals surface area contributed by atoms with Gasteiger partial charge in [0.2, 0.25) is 0 Å². The average Bonchev–Trinajstić information content (AvgIpc) is 2.18. The van der Waals surface area contributed by atoms with Crippen molar-refractivity contribution in [3.63, 3.8) is 0 Å². The summed E-state index contributed by atoms with van der Waals surface area (Å²) in [6.45, 7) is 6.59. The molecular weight excluding hydrogens is 166 g/mol. The highest BCUT2D eigenvalue weighted by atomic mass is 16.3. The van der Waals surface area contributed by atoms with Gasteiger partial charge in [-0.3, -0.25) is 9.80 Å². The van der Waals surface area contributed by atoms with Gasteiger partial charge in [0.05, 0.1) is 19.2 Å². The Morgan fingerprint density at radius 3 is 2.46 bits per heavy atom. The van der Waals surface area contributed by atoms with Gasteiger partial charge >= 0.3 is 0 Å². The number of nitriles is 1. The Kier molecular flexibility index (Phi) is 4.16. The molecule has 0 aromatic heterocycles. The smallest absolute Gasteiger partial charge is 0.0866 e. The van der Waals surface area contributed by atoms with Gasteiger partial charge in [-0.2, -0.15) is 5.26 Å². The van der Waals surface area contributed by atoms with Crippen molar-refractivity contribution in [1.82, 2.24) is 9.80 Å². The molecule has 13 heavy (non-hydrogen) atoms. The molecule has 1 atom stereocenters. The van der Waals surface area contributed by atoms with Gasteiger partial charge in [0, 0.05) is 32.2 Å². The van der Waals surface area contributed by atoms with E-state index >= 15 is 0 Å². The number of nitrogens with zero attached hydrogens (tertiary/aromatic N) is 3. The van der Waals surface area contributed by atoms with Gasteiger partial charge in [-0.05, 0) is 6.92 Å². The van der Waals surface area contributed by atoms with Gasteiger partial charge < -0.3 is 5.11 Å². The van der Waals surface area contributed by atoms with Gasteiger partial charge in [-0.1, -0.05) is 0 Å². The summed E-state index contributed by atoms with van der Waals surface area (Å²) in [7, 11) is 0. The zero-order valence-electron chi connectivity index (χ0n) is 8.11. The highest BCUT2D eigenvalue weighted by Crippen LogP contribution is 2.04. The summed E-state index contributed by atoms with van der Waals surface area (Å²) < 4.78 is 0. The van der Waals surface area contributed by atoms with Crippen LogP contribution in [0.3, 0.4) is 0 Å². The molecule has 1 saturated heterocycles. The zero-order chi connectivity index (χ0) is 9.68. The standard InChI is InChI=1S/C9H17N3O/c1-9(8-13)12-6-4-11(3-2-10)5-7-12/h9,13H,3-8H2,1H3. The van der Waals surface area contributed by atoms with Crippen LogP contribution >= 0.6 is 0 Å². The Labute approximate surface area is 79.4 Å². The normalized spacial score (nSPS) is 22.5. The van der Waals surface area contributed by atoms with Gasteiger partial charge in [-0.25, -0.2) is 0 Å². The number of hydrogen-bond donors (Lipinski definition) is 1. The predicted octanol–water partition coefficient (Wildman–Crippen LogP) is -0.492. The molecule has 1 heterocycles. The molecule has 0 aromatic carbocycles. The van der Waals surface area contributed by atoms with Crippen LogP contribution in [0.15, 0.2) is 0 Å². The predicted molar refractivity (Wildman–Crippen MR) is 50.2 cm³/mol. The van der Waals surface area contributed by atoms with E-state index in [1.165, 1.54) is 0 Å². The minimum atomic E-state index is 0.220. The van der Waals surface area contributed by atoms with Crippen LogP contribution in [0.1, 0.15) is 6.92 Å². The van der Waals surface area contributed by atoms with Gasteiger partial charge in [0.25, 0.3) is 0 Å². The second-order valence-corrected chi connectivity index (χ2v) is 3.50. The Morgan fingerprint density at radius 2 is 2.00 bits per heavy atom. The van der Waals surface area contributed by atoms with Crippen molar-refractivity contribution in [2.45, 2.75) is 13.0 Å².